The minimum atomic E-state index is -0.110. The van der Waals surface area contributed by atoms with Crippen molar-refractivity contribution in [3.8, 4) is 0 Å². The molecule has 1 aliphatic rings. The summed E-state index contributed by atoms with van der Waals surface area (Å²) in [7, 11) is 0. The molecule has 2 rings (SSSR count). The molecule has 0 bridgehead atoms. The van der Waals surface area contributed by atoms with Crippen LogP contribution >= 0.6 is 0 Å². The van der Waals surface area contributed by atoms with Crippen LogP contribution < -0.4 is 5.73 Å². The lowest BCUT2D eigenvalue weighted by molar-refractivity contribution is 0.0560. The first-order valence-electron chi connectivity index (χ1n) is 6.37. The predicted molar refractivity (Wildman–Crippen MR) is 68.3 cm³/mol. The first kappa shape index (κ1) is 12.9. The van der Waals surface area contributed by atoms with E-state index in [0.717, 1.165) is 18.5 Å². The zero-order chi connectivity index (χ0) is 13.1. The summed E-state index contributed by atoms with van der Waals surface area (Å²) in [5, 5.41) is 6.85. The predicted octanol–water partition coefficient (Wildman–Crippen LogP) is 0.805. The first-order chi connectivity index (χ1) is 8.63. The fraction of sp³-hybridized carbons (Fsp3) is 0.667. The Labute approximate surface area is 106 Å². The molecule has 1 aromatic rings. The summed E-state index contributed by atoms with van der Waals surface area (Å²) >= 11 is 0. The minimum absolute atomic E-state index is 0.0576. The number of anilines is 1. The number of hydrogen-bond donors (Lipinski definition) is 2. The second-order valence-electron chi connectivity index (χ2n) is 4.60. The first-order valence-corrected chi connectivity index (χ1v) is 6.37. The van der Waals surface area contributed by atoms with E-state index in [1.165, 1.54) is 0 Å². The molecule has 18 heavy (non-hydrogen) atoms. The van der Waals surface area contributed by atoms with Crippen molar-refractivity contribution in [2.24, 2.45) is 0 Å². The maximum absolute atomic E-state index is 12.4. The van der Waals surface area contributed by atoms with E-state index in [1.807, 2.05) is 13.8 Å². The lowest BCUT2D eigenvalue weighted by atomic mass is 10.2. The van der Waals surface area contributed by atoms with Crippen molar-refractivity contribution in [2.45, 2.75) is 32.8 Å². The van der Waals surface area contributed by atoms with Gasteiger partial charge >= 0.3 is 0 Å². The molecule has 1 saturated heterocycles. The van der Waals surface area contributed by atoms with Gasteiger partial charge in [-0.3, -0.25) is 9.89 Å². The number of nitrogen functional groups attached to an aromatic ring is 1. The average molecular weight is 252 g/mol. The van der Waals surface area contributed by atoms with E-state index in [2.05, 4.69) is 10.2 Å². The SMILES string of the molecule is CCc1[nH]nc(C(=O)N2CCCOC(C)C2)c1N. The van der Waals surface area contributed by atoms with Gasteiger partial charge in [-0.05, 0) is 19.8 Å². The molecule has 1 amide bonds. The number of amides is 1. The highest BCUT2D eigenvalue weighted by Gasteiger charge is 2.25. The highest BCUT2D eigenvalue weighted by molar-refractivity contribution is 5.97. The van der Waals surface area contributed by atoms with Gasteiger partial charge in [0.05, 0.1) is 17.5 Å². The molecule has 1 fully saturated rings. The summed E-state index contributed by atoms with van der Waals surface area (Å²) in [4.78, 5) is 14.1. The molecule has 0 aliphatic carbocycles. The molecule has 1 aromatic heterocycles. The number of nitrogens with one attached hydrogen (secondary N) is 1. The second-order valence-corrected chi connectivity index (χ2v) is 4.60. The molecule has 6 heteroatoms. The third-order valence-electron chi connectivity index (χ3n) is 3.18. The highest BCUT2D eigenvalue weighted by Crippen LogP contribution is 2.18. The van der Waals surface area contributed by atoms with Crippen LogP contribution in [-0.4, -0.2) is 46.8 Å². The molecular weight excluding hydrogens is 232 g/mol. The number of carbonyl (C=O) groups is 1. The van der Waals surface area contributed by atoms with Crippen LogP contribution in [0, 0.1) is 0 Å². The van der Waals surface area contributed by atoms with Crippen molar-refractivity contribution < 1.29 is 9.53 Å². The highest BCUT2D eigenvalue weighted by atomic mass is 16.5. The Morgan fingerprint density at radius 1 is 1.67 bits per heavy atom. The number of aromatic nitrogens is 2. The van der Waals surface area contributed by atoms with Gasteiger partial charge in [-0.1, -0.05) is 6.92 Å². The van der Waals surface area contributed by atoms with E-state index in [-0.39, 0.29) is 12.0 Å². The number of nitrogens with zero attached hydrogens (tertiary/aromatic N) is 2. The van der Waals surface area contributed by atoms with Crippen LogP contribution in [-0.2, 0) is 11.2 Å². The number of aryl methyl sites for hydroxylation is 1. The Morgan fingerprint density at radius 2 is 2.44 bits per heavy atom. The van der Waals surface area contributed by atoms with Gasteiger partial charge in [-0.2, -0.15) is 5.10 Å². The third kappa shape index (κ3) is 2.48. The zero-order valence-electron chi connectivity index (χ0n) is 10.9. The molecule has 0 spiro atoms. The summed E-state index contributed by atoms with van der Waals surface area (Å²) in [5.74, 6) is -0.110. The molecular formula is C12H20N4O2. The Bertz CT molecular complexity index is 430. The monoisotopic (exact) mass is 252 g/mol. The minimum Gasteiger partial charge on any atom is -0.395 e. The van der Waals surface area contributed by atoms with Gasteiger partial charge in [-0.15, -0.1) is 0 Å². The van der Waals surface area contributed by atoms with Gasteiger partial charge < -0.3 is 15.4 Å². The van der Waals surface area contributed by atoms with E-state index in [1.54, 1.807) is 4.90 Å². The van der Waals surface area contributed by atoms with Crippen LogP contribution in [0.2, 0.25) is 0 Å². The molecule has 1 unspecified atom stereocenters. The summed E-state index contributed by atoms with van der Waals surface area (Å²) in [6.45, 7) is 5.92. The third-order valence-corrected chi connectivity index (χ3v) is 3.18. The maximum Gasteiger partial charge on any atom is 0.276 e. The summed E-state index contributed by atoms with van der Waals surface area (Å²) in [6, 6.07) is 0. The van der Waals surface area contributed by atoms with Crippen LogP contribution in [0.15, 0.2) is 0 Å². The summed E-state index contributed by atoms with van der Waals surface area (Å²) in [6.07, 6.45) is 1.65. The average Bonchev–Trinajstić information content (AvgIpc) is 2.58. The van der Waals surface area contributed by atoms with Gasteiger partial charge in [0.2, 0.25) is 0 Å². The Balaban J connectivity index is 2.16. The smallest absolute Gasteiger partial charge is 0.276 e. The van der Waals surface area contributed by atoms with Crippen LogP contribution in [0.25, 0.3) is 0 Å². The summed E-state index contributed by atoms with van der Waals surface area (Å²) in [5.41, 5.74) is 7.55. The van der Waals surface area contributed by atoms with Crippen LogP contribution in [0.4, 0.5) is 5.69 Å². The number of nitrogens with two attached hydrogens (primary N) is 1. The lowest BCUT2D eigenvalue weighted by Crippen LogP contribution is -2.36. The van der Waals surface area contributed by atoms with E-state index in [9.17, 15) is 4.79 Å². The van der Waals surface area contributed by atoms with Crippen molar-refractivity contribution in [2.75, 3.05) is 25.4 Å². The van der Waals surface area contributed by atoms with Crippen LogP contribution in [0.5, 0.6) is 0 Å². The van der Waals surface area contributed by atoms with E-state index in [4.69, 9.17) is 10.5 Å². The number of hydrogen-bond acceptors (Lipinski definition) is 4. The quantitative estimate of drug-likeness (QED) is 0.815. The zero-order valence-corrected chi connectivity index (χ0v) is 10.9. The van der Waals surface area contributed by atoms with Gasteiger partial charge in [0.25, 0.3) is 5.91 Å². The molecule has 0 saturated carbocycles. The van der Waals surface area contributed by atoms with Crippen LogP contribution in [0.3, 0.4) is 0 Å². The largest absolute Gasteiger partial charge is 0.395 e. The molecule has 6 nitrogen and oxygen atoms in total. The van der Waals surface area contributed by atoms with Gasteiger partial charge in [0, 0.05) is 19.7 Å². The van der Waals surface area contributed by atoms with E-state index >= 15 is 0 Å². The Morgan fingerprint density at radius 3 is 3.11 bits per heavy atom. The lowest BCUT2D eigenvalue weighted by Gasteiger charge is -2.21. The van der Waals surface area contributed by atoms with Crippen molar-refractivity contribution in [3.05, 3.63) is 11.4 Å². The molecule has 1 atom stereocenters. The fourth-order valence-electron chi connectivity index (χ4n) is 2.15. The standard InChI is InChI=1S/C12H20N4O2/c1-3-9-10(13)11(15-14-9)12(17)16-5-4-6-18-8(2)7-16/h8H,3-7,13H2,1-2H3,(H,14,15). The summed E-state index contributed by atoms with van der Waals surface area (Å²) < 4.78 is 5.52. The molecule has 2 heterocycles. The second kappa shape index (κ2) is 5.39. The van der Waals surface area contributed by atoms with Crippen molar-refractivity contribution >= 4 is 11.6 Å². The number of H-pyrrole nitrogens is 1. The maximum atomic E-state index is 12.4. The van der Waals surface area contributed by atoms with Gasteiger partial charge in [-0.25, -0.2) is 0 Å². The number of rotatable bonds is 2. The number of carbonyl (C=O) groups excluding carboxylic acids is 1. The molecule has 0 aromatic carbocycles. The fourth-order valence-corrected chi connectivity index (χ4v) is 2.15. The Kier molecular flexibility index (Phi) is 3.86. The van der Waals surface area contributed by atoms with Crippen LogP contribution in [0.1, 0.15) is 36.5 Å². The topological polar surface area (TPSA) is 84.2 Å². The Hall–Kier alpha value is -1.56. The normalized spacial score (nSPS) is 20.8. The van der Waals surface area contributed by atoms with Crippen molar-refractivity contribution in [1.82, 2.24) is 15.1 Å². The van der Waals surface area contributed by atoms with E-state index < -0.39 is 0 Å². The van der Waals surface area contributed by atoms with E-state index in [0.29, 0.717) is 31.1 Å². The molecule has 0 radical (unpaired) electrons. The van der Waals surface area contributed by atoms with Gasteiger partial charge in [0.15, 0.2) is 5.69 Å². The number of aromatic amines is 1. The number of ether oxygens (including phenoxy) is 1. The van der Waals surface area contributed by atoms with Crippen molar-refractivity contribution in [1.29, 1.82) is 0 Å². The van der Waals surface area contributed by atoms with Crippen molar-refractivity contribution in [3.63, 3.8) is 0 Å². The molecule has 3 N–H and O–H groups in total. The molecule has 100 valence electrons. The molecule has 1 aliphatic heterocycles. The van der Waals surface area contributed by atoms with Gasteiger partial charge in [0.1, 0.15) is 0 Å².